The van der Waals surface area contributed by atoms with E-state index in [0.717, 1.165) is 40.4 Å². The van der Waals surface area contributed by atoms with E-state index in [-0.39, 0.29) is 18.4 Å². The van der Waals surface area contributed by atoms with Gasteiger partial charge in [-0.2, -0.15) is 0 Å². The highest BCUT2D eigenvalue weighted by Gasteiger charge is 2.19. The molecule has 0 saturated heterocycles. The normalized spacial score (nSPS) is 14.1. The summed E-state index contributed by atoms with van der Waals surface area (Å²) in [7, 11) is 1.66. The average Bonchev–Trinajstić information content (AvgIpc) is 2.87. The molecule has 184 valence electrons. The zero-order chi connectivity index (χ0) is 24.6. The highest BCUT2D eigenvalue weighted by molar-refractivity contribution is 5.92. The lowest BCUT2D eigenvalue weighted by molar-refractivity contribution is -0.115. The van der Waals surface area contributed by atoms with E-state index in [9.17, 15) is 4.79 Å². The molecule has 0 aliphatic heterocycles. The van der Waals surface area contributed by atoms with Crippen LogP contribution in [-0.2, 0) is 17.6 Å². The molecule has 0 bridgehead atoms. The SMILES string of the molecule is COc1ccc(-c2cnc(NC(=O)Cc3ccc(OC(C)C)cc3)c(CC3CCCCC3)n2)cc1. The molecule has 6 nitrogen and oxygen atoms in total. The van der Waals surface area contributed by atoms with Crippen LogP contribution in [0.25, 0.3) is 11.3 Å². The Morgan fingerprint density at radius 1 is 1.00 bits per heavy atom. The molecule has 1 aromatic heterocycles. The van der Waals surface area contributed by atoms with E-state index in [0.29, 0.717) is 11.7 Å². The van der Waals surface area contributed by atoms with Gasteiger partial charge in [-0.25, -0.2) is 9.97 Å². The Balaban J connectivity index is 1.50. The number of carbonyl (C=O) groups excluding carboxylic acids is 1. The molecular formula is C29H35N3O3. The second-order valence-electron chi connectivity index (χ2n) is 9.52. The first kappa shape index (κ1) is 24.7. The molecule has 0 atom stereocenters. The number of carbonyl (C=O) groups is 1. The molecule has 1 N–H and O–H groups in total. The standard InChI is InChI=1S/C29H35N3O3/c1-20(2)35-25-13-9-22(10-14-25)18-28(33)32-29-26(17-21-7-5-4-6-8-21)31-27(19-30-29)23-11-15-24(34-3)16-12-23/h9-16,19-21H,4-8,17-18H2,1-3H3,(H,30,32,33). The number of hydrogen-bond donors (Lipinski definition) is 1. The summed E-state index contributed by atoms with van der Waals surface area (Å²) in [5.41, 5.74) is 3.57. The van der Waals surface area contributed by atoms with Crippen LogP contribution in [0.15, 0.2) is 54.7 Å². The van der Waals surface area contributed by atoms with Gasteiger partial charge in [-0.1, -0.05) is 44.2 Å². The van der Waals surface area contributed by atoms with Crippen molar-refractivity contribution in [3.63, 3.8) is 0 Å². The lowest BCUT2D eigenvalue weighted by Crippen LogP contribution is -2.19. The maximum atomic E-state index is 12.9. The van der Waals surface area contributed by atoms with E-state index in [2.05, 4.69) is 10.3 Å². The molecule has 3 aromatic rings. The Morgan fingerprint density at radius 2 is 1.69 bits per heavy atom. The van der Waals surface area contributed by atoms with Gasteiger partial charge in [0.25, 0.3) is 0 Å². The number of ether oxygens (including phenoxy) is 2. The van der Waals surface area contributed by atoms with Gasteiger partial charge in [-0.3, -0.25) is 4.79 Å². The fourth-order valence-corrected chi connectivity index (χ4v) is 4.56. The van der Waals surface area contributed by atoms with Crippen molar-refractivity contribution in [2.45, 2.75) is 64.9 Å². The maximum Gasteiger partial charge on any atom is 0.229 e. The molecule has 1 aliphatic rings. The van der Waals surface area contributed by atoms with Gasteiger partial charge in [0, 0.05) is 5.56 Å². The van der Waals surface area contributed by atoms with Crippen molar-refractivity contribution in [1.29, 1.82) is 0 Å². The summed E-state index contributed by atoms with van der Waals surface area (Å²) in [4.78, 5) is 22.5. The number of aromatic nitrogens is 2. The van der Waals surface area contributed by atoms with Crippen LogP contribution in [-0.4, -0.2) is 29.1 Å². The zero-order valence-corrected chi connectivity index (χ0v) is 20.9. The number of rotatable bonds is 9. The monoisotopic (exact) mass is 473 g/mol. The molecule has 1 fully saturated rings. The van der Waals surface area contributed by atoms with Gasteiger partial charge in [0.05, 0.1) is 37.2 Å². The van der Waals surface area contributed by atoms with Gasteiger partial charge >= 0.3 is 0 Å². The van der Waals surface area contributed by atoms with Crippen molar-refractivity contribution in [1.82, 2.24) is 9.97 Å². The summed E-state index contributed by atoms with van der Waals surface area (Å²) in [6, 6.07) is 15.5. The van der Waals surface area contributed by atoms with Crippen molar-refractivity contribution >= 4 is 11.7 Å². The van der Waals surface area contributed by atoms with E-state index in [4.69, 9.17) is 14.5 Å². The first-order valence-corrected chi connectivity index (χ1v) is 12.6. The molecule has 1 aliphatic carbocycles. The minimum atomic E-state index is -0.0982. The van der Waals surface area contributed by atoms with Gasteiger partial charge in [0.2, 0.25) is 5.91 Å². The molecule has 4 rings (SSSR count). The third-order valence-electron chi connectivity index (χ3n) is 6.35. The Labute approximate surface area is 208 Å². The number of anilines is 1. The Hall–Kier alpha value is -3.41. The number of methoxy groups -OCH3 is 1. The largest absolute Gasteiger partial charge is 0.497 e. The molecule has 2 aromatic carbocycles. The number of benzene rings is 2. The topological polar surface area (TPSA) is 73.3 Å². The van der Waals surface area contributed by atoms with E-state index in [1.54, 1.807) is 13.3 Å². The summed E-state index contributed by atoms with van der Waals surface area (Å²) in [5.74, 6) is 2.65. The molecule has 1 amide bonds. The number of nitrogens with one attached hydrogen (secondary N) is 1. The molecular weight excluding hydrogens is 438 g/mol. The van der Waals surface area contributed by atoms with Crippen LogP contribution in [0, 0.1) is 5.92 Å². The lowest BCUT2D eigenvalue weighted by Gasteiger charge is -2.22. The highest BCUT2D eigenvalue weighted by atomic mass is 16.5. The number of hydrogen-bond acceptors (Lipinski definition) is 5. The second kappa shape index (κ2) is 11.8. The fourth-order valence-electron chi connectivity index (χ4n) is 4.56. The summed E-state index contributed by atoms with van der Waals surface area (Å²) >= 11 is 0. The van der Waals surface area contributed by atoms with Crippen LogP contribution >= 0.6 is 0 Å². The van der Waals surface area contributed by atoms with E-state index < -0.39 is 0 Å². The summed E-state index contributed by atoms with van der Waals surface area (Å²) < 4.78 is 11.0. The first-order chi connectivity index (χ1) is 17.0. The predicted molar refractivity (Wildman–Crippen MR) is 139 cm³/mol. The molecule has 6 heteroatoms. The second-order valence-corrected chi connectivity index (χ2v) is 9.52. The molecule has 0 unspecified atom stereocenters. The van der Waals surface area contributed by atoms with Crippen molar-refractivity contribution in [2.24, 2.45) is 5.92 Å². The fraction of sp³-hybridized carbons (Fsp3) is 0.414. The summed E-state index contributed by atoms with van der Waals surface area (Å²) in [6.45, 7) is 3.99. The van der Waals surface area contributed by atoms with Crippen molar-refractivity contribution in [3.8, 4) is 22.8 Å². The Bertz CT molecular complexity index is 1110. The van der Waals surface area contributed by atoms with Gasteiger partial charge in [0.1, 0.15) is 11.5 Å². The van der Waals surface area contributed by atoms with E-state index in [1.807, 2.05) is 62.4 Å². The van der Waals surface area contributed by atoms with Crippen LogP contribution < -0.4 is 14.8 Å². The van der Waals surface area contributed by atoms with Crippen molar-refractivity contribution < 1.29 is 14.3 Å². The summed E-state index contributed by atoms with van der Waals surface area (Å²) in [6.07, 6.45) is 9.17. The third-order valence-corrected chi connectivity index (χ3v) is 6.35. The van der Waals surface area contributed by atoms with Crippen LogP contribution in [0.1, 0.15) is 57.2 Å². The van der Waals surface area contributed by atoms with Crippen LogP contribution in [0.3, 0.4) is 0 Å². The van der Waals surface area contributed by atoms with Gasteiger partial charge < -0.3 is 14.8 Å². The minimum Gasteiger partial charge on any atom is -0.497 e. The van der Waals surface area contributed by atoms with Crippen LogP contribution in [0.5, 0.6) is 11.5 Å². The Morgan fingerprint density at radius 3 is 2.34 bits per heavy atom. The minimum absolute atomic E-state index is 0.0982. The molecule has 1 saturated carbocycles. The highest BCUT2D eigenvalue weighted by Crippen LogP contribution is 2.30. The third kappa shape index (κ3) is 7.04. The average molecular weight is 474 g/mol. The molecule has 1 heterocycles. The van der Waals surface area contributed by atoms with Gasteiger partial charge in [-0.05, 0) is 68.1 Å². The van der Waals surface area contributed by atoms with E-state index >= 15 is 0 Å². The molecule has 0 radical (unpaired) electrons. The lowest BCUT2D eigenvalue weighted by atomic mass is 9.86. The Kier molecular flexibility index (Phi) is 8.35. The van der Waals surface area contributed by atoms with Gasteiger partial charge in [-0.15, -0.1) is 0 Å². The maximum absolute atomic E-state index is 12.9. The quantitative estimate of drug-likeness (QED) is 0.398. The predicted octanol–water partition coefficient (Wildman–Crippen LogP) is 6.24. The van der Waals surface area contributed by atoms with Crippen molar-refractivity contribution in [2.75, 3.05) is 12.4 Å². The van der Waals surface area contributed by atoms with Crippen molar-refractivity contribution in [3.05, 3.63) is 66.0 Å². The number of nitrogens with zero attached hydrogens (tertiary/aromatic N) is 2. The van der Waals surface area contributed by atoms with E-state index in [1.165, 1.54) is 32.1 Å². The van der Waals surface area contributed by atoms with Gasteiger partial charge in [0.15, 0.2) is 5.82 Å². The smallest absolute Gasteiger partial charge is 0.229 e. The van der Waals surface area contributed by atoms with Crippen LogP contribution in [0.2, 0.25) is 0 Å². The molecule has 35 heavy (non-hydrogen) atoms. The number of amides is 1. The summed E-state index contributed by atoms with van der Waals surface area (Å²) in [5, 5.41) is 3.03. The first-order valence-electron chi connectivity index (χ1n) is 12.6. The molecule has 0 spiro atoms. The van der Waals surface area contributed by atoms with Crippen LogP contribution in [0.4, 0.5) is 5.82 Å². The zero-order valence-electron chi connectivity index (χ0n) is 20.9.